The van der Waals surface area contributed by atoms with Crippen LogP contribution in [-0.4, -0.2) is 35.8 Å². The zero-order chi connectivity index (χ0) is 7.14. The molecule has 0 saturated carbocycles. The molecule has 2 bridgehead atoms. The summed E-state index contributed by atoms with van der Waals surface area (Å²) in [5.41, 5.74) is 0. The molecular formula is C6H8N2O2. The number of carbonyl (C=O) groups is 2. The van der Waals surface area contributed by atoms with Gasteiger partial charge in [-0.2, -0.15) is 0 Å². The highest BCUT2D eigenvalue weighted by Gasteiger charge is 2.43. The highest BCUT2D eigenvalue weighted by molar-refractivity contribution is 5.87. The lowest BCUT2D eigenvalue weighted by atomic mass is 10.2. The molecule has 0 aliphatic carbocycles. The van der Waals surface area contributed by atoms with Crippen LogP contribution >= 0.6 is 0 Å². The Kier molecular flexibility index (Phi) is 0.977. The molecule has 2 fully saturated rings. The molecule has 54 valence electrons. The van der Waals surface area contributed by atoms with Crippen LogP contribution in [0.25, 0.3) is 0 Å². The summed E-state index contributed by atoms with van der Waals surface area (Å²) in [6.07, 6.45) is 1.56. The number of carbonyl (C=O) groups excluding carboxylic acids is 2. The number of nitrogens with one attached hydrogen (secondary N) is 1. The van der Waals surface area contributed by atoms with Crippen molar-refractivity contribution >= 4 is 12.3 Å². The van der Waals surface area contributed by atoms with Crippen molar-refractivity contribution in [1.82, 2.24) is 10.2 Å². The number of rotatable bonds is 1. The van der Waals surface area contributed by atoms with Gasteiger partial charge in [-0.3, -0.25) is 9.59 Å². The third kappa shape index (κ3) is 0.558. The third-order valence-electron chi connectivity index (χ3n) is 2.12. The predicted octanol–water partition coefficient (Wildman–Crippen LogP) is -1.28. The highest BCUT2D eigenvalue weighted by Crippen LogP contribution is 2.21. The zero-order valence-corrected chi connectivity index (χ0v) is 5.41. The smallest absolute Gasteiger partial charge is 0.243 e. The summed E-state index contributed by atoms with van der Waals surface area (Å²) in [5, 5.41) is 2.78. The maximum absolute atomic E-state index is 10.9. The van der Waals surface area contributed by atoms with Gasteiger partial charge in [0.05, 0.1) is 0 Å². The molecule has 2 aliphatic heterocycles. The first-order valence-electron chi connectivity index (χ1n) is 3.32. The minimum absolute atomic E-state index is 0.00310. The van der Waals surface area contributed by atoms with E-state index in [0.29, 0.717) is 6.54 Å². The number of amides is 2. The van der Waals surface area contributed by atoms with Gasteiger partial charge in [-0.1, -0.05) is 0 Å². The first-order chi connectivity index (χ1) is 4.81. The molecular weight excluding hydrogens is 132 g/mol. The van der Waals surface area contributed by atoms with Gasteiger partial charge in [0.15, 0.2) is 0 Å². The van der Waals surface area contributed by atoms with Crippen LogP contribution in [0.4, 0.5) is 0 Å². The molecule has 2 heterocycles. The Balaban J connectivity index is 2.19. The van der Waals surface area contributed by atoms with Crippen LogP contribution in [0.15, 0.2) is 0 Å². The van der Waals surface area contributed by atoms with Crippen LogP contribution in [0.5, 0.6) is 0 Å². The first kappa shape index (κ1) is 5.70. The van der Waals surface area contributed by atoms with Gasteiger partial charge in [0.2, 0.25) is 12.3 Å². The molecule has 0 unspecified atom stereocenters. The van der Waals surface area contributed by atoms with E-state index in [0.717, 1.165) is 12.8 Å². The Labute approximate surface area is 58.2 Å². The molecule has 0 aromatic rings. The largest absolute Gasteiger partial charge is 0.350 e. The van der Waals surface area contributed by atoms with Gasteiger partial charge in [-0.15, -0.1) is 0 Å². The third-order valence-corrected chi connectivity index (χ3v) is 2.12. The molecule has 2 atom stereocenters. The van der Waals surface area contributed by atoms with Crippen LogP contribution < -0.4 is 5.32 Å². The molecule has 4 heteroatoms. The fourth-order valence-corrected chi connectivity index (χ4v) is 1.64. The van der Waals surface area contributed by atoms with Crippen LogP contribution in [0.3, 0.4) is 0 Å². The Bertz CT molecular complexity index is 190. The average molecular weight is 140 g/mol. The van der Waals surface area contributed by atoms with E-state index in [1.807, 2.05) is 0 Å². The highest BCUT2D eigenvalue weighted by atomic mass is 16.2. The molecule has 2 amide bonds. The Hall–Kier alpha value is -1.06. The number of piperazine rings is 1. The molecule has 0 aromatic heterocycles. The summed E-state index contributed by atoms with van der Waals surface area (Å²) in [6.45, 7) is 0.694. The summed E-state index contributed by atoms with van der Waals surface area (Å²) >= 11 is 0. The van der Waals surface area contributed by atoms with E-state index in [1.165, 1.54) is 0 Å². The molecule has 1 N–H and O–H groups in total. The van der Waals surface area contributed by atoms with E-state index in [1.54, 1.807) is 4.90 Å². The van der Waals surface area contributed by atoms with E-state index < -0.39 is 0 Å². The van der Waals surface area contributed by atoms with Gasteiger partial charge in [0, 0.05) is 12.6 Å². The van der Waals surface area contributed by atoms with Crippen molar-refractivity contribution in [2.45, 2.75) is 18.5 Å². The molecule has 0 radical (unpaired) electrons. The van der Waals surface area contributed by atoms with Gasteiger partial charge >= 0.3 is 0 Å². The fourth-order valence-electron chi connectivity index (χ4n) is 1.64. The topological polar surface area (TPSA) is 49.4 Å². The monoisotopic (exact) mass is 140 g/mol. The van der Waals surface area contributed by atoms with E-state index in [-0.39, 0.29) is 18.0 Å². The summed E-state index contributed by atoms with van der Waals surface area (Å²) < 4.78 is 0. The van der Waals surface area contributed by atoms with Crippen LogP contribution in [0.1, 0.15) is 6.42 Å². The van der Waals surface area contributed by atoms with Crippen molar-refractivity contribution in [1.29, 1.82) is 0 Å². The summed E-state index contributed by atoms with van der Waals surface area (Å²) in [6, 6.07) is 0.0604. The maximum atomic E-state index is 10.9. The van der Waals surface area contributed by atoms with Crippen molar-refractivity contribution in [3.05, 3.63) is 0 Å². The van der Waals surface area contributed by atoms with Crippen LogP contribution in [-0.2, 0) is 9.59 Å². The molecule has 2 rings (SSSR count). The molecule has 2 saturated heterocycles. The lowest BCUT2D eigenvalue weighted by molar-refractivity contribution is -0.131. The van der Waals surface area contributed by atoms with E-state index in [4.69, 9.17) is 0 Å². The van der Waals surface area contributed by atoms with Gasteiger partial charge < -0.3 is 10.2 Å². The van der Waals surface area contributed by atoms with Gasteiger partial charge in [0.1, 0.15) is 6.04 Å². The second kappa shape index (κ2) is 1.71. The number of nitrogens with zero attached hydrogens (tertiary/aromatic N) is 1. The Morgan fingerprint density at radius 3 is 2.90 bits per heavy atom. The minimum Gasteiger partial charge on any atom is -0.350 e. The van der Waals surface area contributed by atoms with Gasteiger partial charge in [-0.05, 0) is 6.42 Å². The quantitative estimate of drug-likeness (QED) is 0.461. The molecule has 0 aromatic carbocycles. The summed E-state index contributed by atoms with van der Waals surface area (Å²) in [7, 11) is 0. The first-order valence-corrected chi connectivity index (χ1v) is 3.32. The summed E-state index contributed by atoms with van der Waals surface area (Å²) in [4.78, 5) is 22.7. The fraction of sp³-hybridized carbons (Fsp3) is 0.667. The number of hydrogen-bond donors (Lipinski definition) is 1. The normalized spacial score (nSPS) is 36.4. The summed E-state index contributed by atoms with van der Waals surface area (Å²) in [5.74, 6) is 0.00310. The molecule has 2 aliphatic rings. The van der Waals surface area contributed by atoms with Crippen molar-refractivity contribution in [3.63, 3.8) is 0 Å². The van der Waals surface area contributed by atoms with E-state index in [9.17, 15) is 9.59 Å². The van der Waals surface area contributed by atoms with Gasteiger partial charge in [0.25, 0.3) is 0 Å². The Morgan fingerprint density at radius 1 is 1.70 bits per heavy atom. The standard InChI is InChI=1S/C6H8N2O2/c9-3-8-2-4-1-5(8)6(10)7-4/h3-5H,1-2H2,(H,7,10)/t4-,5-/m1/s1. The lowest BCUT2D eigenvalue weighted by Crippen LogP contribution is -2.46. The SMILES string of the molecule is O=CN1C[C@H]2C[C@@H]1C(=O)N2. The maximum Gasteiger partial charge on any atom is 0.243 e. The lowest BCUT2D eigenvalue weighted by Gasteiger charge is -2.21. The van der Waals surface area contributed by atoms with Gasteiger partial charge in [-0.25, -0.2) is 0 Å². The second-order valence-electron chi connectivity index (χ2n) is 2.76. The van der Waals surface area contributed by atoms with Crippen molar-refractivity contribution in [2.75, 3.05) is 6.54 Å². The number of hydrogen-bond acceptors (Lipinski definition) is 2. The molecule has 10 heavy (non-hydrogen) atoms. The predicted molar refractivity (Wildman–Crippen MR) is 33.1 cm³/mol. The second-order valence-corrected chi connectivity index (χ2v) is 2.76. The Morgan fingerprint density at radius 2 is 2.50 bits per heavy atom. The number of likely N-dealkylation sites (tertiary alicyclic amines) is 1. The van der Waals surface area contributed by atoms with E-state index in [2.05, 4.69) is 5.32 Å². The minimum atomic E-state index is -0.164. The van der Waals surface area contributed by atoms with E-state index >= 15 is 0 Å². The molecule has 4 nitrogen and oxygen atoms in total. The van der Waals surface area contributed by atoms with Crippen molar-refractivity contribution in [2.24, 2.45) is 0 Å². The number of fused-ring (bicyclic) bond motifs is 2. The average Bonchev–Trinajstić information content (AvgIpc) is 2.44. The van der Waals surface area contributed by atoms with Crippen molar-refractivity contribution < 1.29 is 9.59 Å². The molecule has 0 spiro atoms. The van der Waals surface area contributed by atoms with Crippen molar-refractivity contribution in [3.8, 4) is 0 Å². The van der Waals surface area contributed by atoms with Crippen LogP contribution in [0, 0.1) is 0 Å². The zero-order valence-electron chi connectivity index (χ0n) is 5.41. The van der Waals surface area contributed by atoms with Crippen LogP contribution in [0.2, 0.25) is 0 Å².